The molecule has 0 amide bonds. The van der Waals surface area contributed by atoms with Crippen molar-refractivity contribution < 1.29 is 0 Å². The second kappa shape index (κ2) is 2.41. The molecule has 0 aromatic rings. The molecule has 1 heteroatoms. The van der Waals surface area contributed by atoms with E-state index in [2.05, 4.69) is 17.1 Å². The molecule has 0 N–H and O–H groups in total. The van der Waals surface area contributed by atoms with Crippen LogP contribution in [0, 0.1) is 0 Å². The minimum atomic E-state index is 0.868. The molecule has 10 heavy (non-hydrogen) atoms. The average molecular weight is 133 g/mol. The maximum atomic E-state index is 4.24. The van der Waals surface area contributed by atoms with Crippen molar-refractivity contribution in [3.05, 3.63) is 23.3 Å². The maximum absolute atomic E-state index is 4.24. The Kier molecular flexibility index (Phi) is 1.42. The van der Waals surface area contributed by atoms with Gasteiger partial charge in [0.1, 0.15) is 0 Å². The summed E-state index contributed by atoms with van der Waals surface area (Å²) < 4.78 is 0. The fourth-order valence-electron chi connectivity index (χ4n) is 1.55. The van der Waals surface area contributed by atoms with Crippen LogP contribution in [-0.4, -0.2) is 12.8 Å². The molecule has 0 fully saturated rings. The molecule has 2 rings (SSSR count). The van der Waals surface area contributed by atoms with E-state index < -0.39 is 0 Å². The van der Waals surface area contributed by atoms with Gasteiger partial charge in [-0.1, -0.05) is 12.2 Å². The third-order valence-corrected chi connectivity index (χ3v) is 2.08. The molecule has 0 aromatic carbocycles. The van der Waals surface area contributed by atoms with Crippen LogP contribution >= 0.6 is 0 Å². The predicted octanol–water partition coefficient (Wildman–Crippen LogP) is 2.11. The molecule has 0 saturated carbocycles. The van der Waals surface area contributed by atoms with Crippen LogP contribution in [-0.2, 0) is 0 Å². The summed E-state index contributed by atoms with van der Waals surface area (Å²) in [5.41, 5.74) is 2.98. The molecule has 0 spiro atoms. The van der Waals surface area contributed by atoms with E-state index in [4.69, 9.17) is 0 Å². The largest absolute Gasteiger partial charge is 0.289 e. The molecule has 2 aliphatic rings. The third kappa shape index (κ3) is 0.919. The molecular formula is C9H11N. The Morgan fingerprint density at radius 1 is 1.20 bits per heavy atom. The summed E-state index contributed by atoms with van der Waals surface area (Å²) in [6.45, 7) is 0.868. The highest BCUT2D eigenvalue weighted by atomic mass is 14.7. The first kappa shape index (κ1) is 5.90. The van der Waals surface area contributed by atoms with E-state index in [1.54, 1.807) is 0 Å². The highest BCUT2D eigenvalue weighted by Crippen LogP contribution is 2.26. The van der Waals surface area contributed by atoms with Gasteiger partial charge in [0.15, 0.2) is 0 Å². The van der Waals surface area contributed by atoms with E-state index in [9.17, 15) is 0 Å². The van der Waals surface area contributed by atoms with Crippen molar-refractivity contribution in [1.82, 2.24) is 0 Å². The molecule has 0 radical (unpaired) electrons. The van der Waals surface area contributed by atoms with Crippen molar-refractivity contribution in [2.45, 2.75) is 19.3 Å². The van der Waals surface area contributed by atoms with Crippen molar-refractivity contribution in [2.75, 3.05) is 6.54 Å². The summed E-state index contributed by atoms with van der Waals surface area (Å²) in [4.78, 5) is 4.24. The molecule has 1 aliphatic carbocycles. The van der Waals surface area contributed by atoms with Gasteiger partial charge in [0.25, 0.3) is 0 Å². The zero-order valence-corrected chi connectivity index (χ0v) is 6.01. The first-order chi connectivity index (χ1) is 4.97. The van der Waals surface area contributed by atoms with Gasteiger partial charge in [-0.25, -0.2) is 0 Å². The van der Waals surface area contributed by atoms with Crippen molar-refractivity contribution in [2.24, 2.45) is 4.99 Å². The standard InChI is InChI=1S/C9H11N/c1-3-8-5-2-6-10-7-9(8)4-1/h2,5,7H,1,3-4,6H2. The molecule has 52 valence electrons. The summed E-state index contributed by atoms with van der Waals surface area (Å²) in [6.07, 6.45) is 10.2. The van der Waals surface area contributed by atoms with Crippen molar-refractivity contribution in [1.29, 1.82) is 0 Å². The molecule has 0 atom stereocenters. The number of hydrogen-bond donors (Lipinski definition) is 0. The molecule has 1 aliphatic heterocycles. The summed E-state index contributed by atoms with van der Waals surface area (Å²) in [5.74, 6) is 0. The Hall–Kier alpha value is -0.850. The molecule has 0 unspecified atom stereocenters. The Morgan fingerprint density at radius 3 is 3.10 bits per heavy atom. The van der Waals surface area contributed by atoms with Gasteiger partial charge in [0.05, 0.1) is 6.54 Å². The van der Waals surface area contributed by atoms with Crippen molar-refractivity contribution in [3.63, 3.8) is 0 Å². The predicted molar refractivity (Wildman–Crippen MR) is 43.4 cm³/mol. The van der Waals surface area contributed by atoms with E-state index in [1.807, 2.05) is 6.21 Å². The summed E-state index contributed by atoms with van der Waals surface area (Å²) in [7, 11) is 0. The average Bonchev–Trinajstić information content (AvgIpc) is 2.28. The summed E-state index contributed by atoms with van der Waals surface area (Å²) in [6, 6.07) is 0. The van der Waals surface area contributed by atoms with Gasteiger partial charge in [-0.15, -0.1) is 0 Å². The van der Waals surface area contributed by atoms with Gasteiger partial charge >= 0.3 is 0 Å². The molecule has 1 heterocycles. The number of rotatable bonds is 0. The molecule has 0 bridgehead atoms. The van der Waals surface area contributed by atoms with Crippen LogP contribution in [0.25, 0.3) is 0 Å². The Labute approximate surface area is 61.2 Å². The van der Waals surface area contributed by atoms with Crippen LogP contribution in [0.5, 0.6) is 0 Å². The normalized spacial score (nSPS) is 23.2. The highest BCUT2D eigenvalue weighted by molar-refractivity contribution is 5.81. The van der Waals surface area contributed by atoms with Crippen molar-refractivity contribution in [3.8, 4) is 0 Å². The van der Waals surface area contributed by atoms with Crippen LogP contribution in [0.4, 0.5) is 0 Å². The lowest BCUT2D eigenvalue weighted by Gasteiger charge is -1.90. The molecule has 1 nitrogen and oxygen atoms in total. The Balaban J connectivity index is 2.34. The van der Waals surface area contributed by atoms with E-state index >= 15 is 0 Å². The smallest absolute Gasteiger partial charge is 0.0573 e. The number of nitrogens with zero attached hydrogens (tertiary/aromatic N) is 1. The lowest BCUT2D eigenvalue weighted by Crippen LogP contribution is -1.80. The lowest BCUT2D eigenvalue weighted by molar-refractivity contribution is 0.908. The zero-order valence-electron chi connectivity index (χ0n) is 6.01. The summed E-state index contributed by atoms with van der Waals surface area (Å²) >= 11 is 0. The SMILES string of the molecule is C1=CC2=C(C=NC1)CCC2. The van der Waals surface area contributed by atoms with Crippen LogP contribution in [0.1, 0.15) is 19.3 Å². The number of hydrogen-bond acceptors (Lipinski definition) is 1. The fourth-order valence-corrected chi connectivity index (χ4v) is 1.55. The minimum Gasteiger partial charge on any atom is -0.289 e. The second-order valence-electron chi connectivity index (χ2n) is 2.80. The Bertz CT molecular complexity index is 199. The van der Waals surface area contributed by atoms with Crippen LogP contribution in [0.15, 0.2) is 28.3 Å². The first-order valence-electron chi connectivity index (χ1n) is 3.85. The molecular weight excluding hydrogens is 122 g/mol. The van der Waals surface area contributed by atoms with E-state index in [1.165, 1.54) is 30.4 Å². The molecule has 0 aromatic heterocycles. The van der Waals surface area contributed by atoms with Gasteiger partial charge < -0.3 is 0 Å². The van der Waals surface area contributed by atoms with Crippen LogP contribution in [0.3, 0.4) is 0 Å². The summed E-state index contributed by atoms with van der Waals surface area (Å²) in [5, 5.41) is 0. The minimum absolute atomic E-state index is 0.868. The third-order valence-electron chi connectivity index (χ3n) is 2.08. The lowest BCUT2D eigenvalue weighted by atomic mass is 10.2. The topological polar surface area (TPSA) is 12.4 Å². The van der Waals surface area contributed by atoms with E-state index in [0.29, 0.717) is 0 Å². The van der Waals surface area contributed by atoms with Gasteiger partial charge in [-0.05, 0) is 30.4 Å². The van der Waals surface area contributed by atoms with Gasteiger partial charge in [0.2, 0.25) is 0 Å². The van der Waals surface area contributed by atoms with Gasteiger partial charge in [-0.2, -0.15) is 0 Å². The Morgan fingerprint density at radius 2 is 2.10 bits per heavy atom. The quantitative estimate of drug-likeness (QED) is 0.480. The van der Waals surface area contributed by atoms with Gasteiger partial charge in [-0.3, -0.25) is 4.99 Å². The maximum Gasteiger partial charge on any atom is 0.0573 e. The van der Waals surface area contributed by atoms with E-state index in [0.717, 1.165) is 6.54 Å². The zero-order chi connectivity index (χ0) is 6.81. The monoisotopic (exact) mass is 133 g/mol. The van der Waals surface area contributed by atoms with E-state index in [-0.39, 0.29) is 0 Å². The van der Waals surface area contributed by atoms with Crippen LogP contribution in [0.2, 0.25) is 0 Å². The fraction of sp³-hybridized carbons (Fsp3) is 0.444. The number of aliphatic imine (C=N–C) groups is 1. The number of allylic oxidation sites excluding steroid dienone is 3. The van der Waals surface area contributed by atoms with Crippen LogP contribution < -0.4 is 0 Å². The highest BCUT2D eigenvalue weighted by Gasteiger charge is 2.10. The van der Waals surface area contributed by atoms with Crippen molar-refractivity contribution >= 4 is 6.21 Å². The first-order valence-corrected chi connectivity index (χ1v) is 3.85. The second-order valence-corrected chi connectivity index (χ2v) is 2.80. The van der Waals surface area contributed by atoms with Gasteiger partial charge in [0, 0.05) is 6.21 Å². The molecule has 0 saturated heterocycles.